The Labute approximate surface area is 196 Å². The molecule has 0 aliphatic carbocycles. The zero-order valence-electron chi connectivity index (χ0n) is 18.6. The van der Waals surface area contributed by atoms with Crippen LogP contribution < -0.4 is 15.0 Å². The van der Waals surface area contributed by atoms with E-state index in [4.69, 9.17) is 9.47 Å². The minimum atomic E-state index is -0.0558. The predicted octanol–water partition coefficient (Wildman–Crippen LogP) is 2.14. The van der Waals surface area contributed by atoms with Crippen molar-refractivity contribution in [3.8, 4) is 5.75 Å². The number of rotatable bonds is 10. The number of nitrogens with one attached hydrogen (secondary N) is 1. The molecule has 3 rings (SSSR count). The third kappa shape index (κ3) is 7.07. The fourth-order valence-electron chi connectivity index (χ4n) is 3.09. The minimum Gasteiger partial charge on any atom is -0.491 e. The van der Waals surface area contributed by atoms with Crippen LogP contribution in [-0.2, 0) is 9.53 Å². The summed E-state index contributed by atoms with van der Waals surface area (Å²) in [6.07, 6.45) is 0.0990. The molecule has 1 N–H and O–H groups in total. The lowest BCUT2D eigenvalue weighted by Crippen LogP contribution is -2.48. The molecular formula is C21H29N5O4S2. The Balaban J connectivity index is 1.45. The van der Waals surface area contributed by atoms with Crippen LogP contribution in [0, 0.1) is 0 Å². The number of benzene rings is 1. The maximum absolute atomic E-state index is 12.8. The van der Waals surface area contributed by atoms with Crippen molar-refractivity contribution in [3.05, 3.63) is 29.8 Å². The lowest BCUT2D eigenvalue weighted by molar-refractivity contribution is -0.118. The summed E-state index contributed by atoms with van der Waals surface area (Å²) in [5.41, 5.74) is 0.660. The lowest BCUT2D eigenvalue weighted by atomic mass is 10.1. The predicted molar refractivity (Wildman–Crippen MR) is 126 cm³/mol. The summed E-state index contributed by atoms with van der Waals surface area (Å²) >= 11 is 2.84. The normalized spacial score (nSPS) is 14.0. The summed E-state index contributed by atoms with van der Waals surface area (Å²) in [6, 6.07) is 7.29. The standard InChI is InChI=1S/C21H29N5O4S2/c1-15(2)30-17-6-4-16(5-7-17)19(28)25-9-11-26(12-10-25)20-23-24-21(32-20)31-14-18(27)22-8-13-29-3/h4-7,15H,8-14H2,1-3H3,(H,22,27). The number of piperazine rings is 1. The molecule has 2 heterocycles. The Morgan fingerprint density at radius 2 is 1.88 bits per heavy atom. The molecule has 1 aliphatic rings. The van der Waals surface area contributed by atoms with Gasteiger partial charge in [-0.2, -0.15) is 0 Å². The topological polar surface area (TPSA) is 96.9 Å². The fourth-order valence-corrected chi connectivity index (χ4v) is 4.81. The third-order valence-corrected chi connectivity index (χ3v) is 6.78. The van der Waals surface area contributed by atoms with Gasteiger partial charge in [0.15, 0.2) is 4.34 Å². The van der Waals surface area contributed by atoms with Crippen molar-refractivity contribution >= 4 is 40.0 Å². The molecule has 0 atom stereocenters. The van der Waals surface area contributed by atoms with Gasteiger partial charge in [-0.3, -0.25) is 9.59 Å². The third-order valence-electron chi connectivity index (χ3n) is 4.66. The van der Waals surface area contributed by atoms with Gasteiger partial charge in [-0.05, 0) is 38.1 Å². The van der Waals surface area contributed by atoms with Gasteiger partial charge in [0.1, 0.15) is 5.75 Å². The molecule has 0 saturated carbocycles. The summed E-state index contributed by atoms with van der Waals surface area (Å²) in [6.45, 7) is 7.55. The summed E-state index contributed by atoms with van der Waals surface area (Å²) in [5.74, 6) is 1.02. The number of hydrogen-bond acceptors (Lipinski definition) is 9. The molecule has 1 aromatic carbocycles. The van der Waals surface area contributed by atoms with E-state index >= 15 is 0 Å². The summed E-state index contributed by atoms with van der Waals surface area (Å²) in [4.78, 5) is 28.6. The first-order chi connectivity index (χ1) is 15.5. The van der Waals surface area contributed by atoms with E-state index < -0.39 is 0 Å². The zero-order chi connectivity index (χ0) is 22.9. The molecule has 9 nitrogen and oxygen atoms in total. The van der Waals surface area contributed by atoms with Gasteiger partial charge in [0.05, 0.1) is 18.5 Å². The van der Waals surface area contributed by atoms with Gasteiger partial charge in [0, 0.05) is 45.4 Å². The van der Waals surface area contributed by atoms with E-state index in [0.29, 0.717) is 50.6 Å². The Morgan fingerprint density at radius 1 is 1.16 bits per heavy atom. The maximum Gasteiger partial charge on any atom is 0.253 e. The van der Waals surface area contributed by atoms with Crippen molar-refractivity contribution in [2.75, 3.05) is 57.1 Å². The number of amides is 2. The number of hydrogen-bond donors (Lipinski definition) is 1. The van der Waals surface area contributed by atoms with Crippen LogP contribution in [0.1, 0.15) is 24.2 Å². The molecule has 0 spiro atoms. The van der Waals surface area contributed by atoms with Crippen molar-refractivity contribution in [1.29, 1.82) is 0 Å². The highest BCUT2D eigenvalue weighted by Gasteiger charge is 2.24. The highest BCUT2D eigenvalue weighted by Crippen LogP contribution is 2.28. The Hall–Kier alpha value is -2.37. The molecule has 2 aromatic rings. The lowest BCUT2D eigenvalue weighted by Gasteiger charge is -2.34. The summed E-state index contributed by atoms with van der Waals surface area (Å²) in [7, 11) is 1.60. The molecule has 2 amide bonds. The molecule has 11 heteroatoms. The second-order valence-corrected chi connectivity index (χ2v) is 9.63. The number of anilines is 1. The number of methoxy groups -OCH3 is 1. The number of aromatic nitrogens is 2. The smallest absolute Gasteiger partial charge is 0.253 e. The number of nitrogens with zero attached hydrogens (tertiary/aromatic N) is 4. The zero-order valence-corrected chi connectivity index (χ0v) is 20.2. The highest BCUT2D eigenvalue weighted by atomic mass is 32.2. The quantitative estimate of drug-likeness (QED) is 0.409. The molecule has 174 valence electrons. The van der Waals surface area contributed by atoms with Crippen molar-refractivity contribution in [2.45, 2.75) is 24.3 Å². The number of ether oxygens (including phenoxy) is 2. The van der Waals surface area contributed by atoms with E-state index in [2.05, 4.69) is 20.4 Å². The SMILES string of the molecule is COCCNC(=O)CSc1nnc(N2CCN(C(=O)c3ccc(OC(C)C)cc3)CC2)s1. The average Bonchev–Trinajstić information content (AvgIpc) is 3.27. The molecular weight excluding hydrogens is 450 g/mol. The van der Waals surface area contributed by atoms with Crippen LogP contribution in [-0.4, -0.2) is 85.2 Å². The van der Waals surface area contributed by atoms with Crippen molar-refractivity contribution in [2.24, 2.45) is 0 Å². The van der Waals surface area contributed by atoms with Gasteiger partial charge in [0.2, 0.25) is 11.0 Å². The van der Waals surface area contributed by atoms with E-state index in [-0.39, 0.29) is 17.9 Å². The second-order valence-electron chi connectivity index (χ2n) is 7.45. The van der Waals surface area contributed by atoms with Crippen molar-refractivity contribution < 1.29 is 19.1 Å². The van der Waals surface area contributed by atoms with Gasteiger partial charge in [-0.1, -0.05) is 23.1 Å². The van der Waals surface area contributed by atoms with Gasteiger partial charge in [-0.25, -0.2) is 0 Å². The summed E-state index contributed by atoms with van der Waals surface area (Å²) < 4.78 is 11.3. The molecule has 1 aliphatic heterocycles. The van der Waals surface area contributed by atoms with E-state index in [1.54, 1.807) is 7.11 Å². The van der Waals surface area contributed by atoms with Crippen LogP contribution in [0.5, 0.6) is 5.75 Å². The van der Waals surface area contributed by atoms with Crippen LogP contribution in [0.4, 0.5) is 5.13 Å². The van der Waals surface area contributed by atoms with Gasteiger partial charge in [-0.15, -0.1) is 10.2 Å². The maximum atomic E-state index is 12.8. The van der Waals surface area contributed by atoms with Crippen molar-refractivity contribution in [3.63, 3.8) is 0 Å². The molecule has 1 saturated heterocycles. The van der Waals surface area contributed by atoms with Crippen molar-refractivity contribution in [1.82, 2.24) is 20.4 Å². The van der Waals surface area contributed by atoms with Crippen LogP contribution >= 0.6 is 23.1 Å². The van der Waals surface area contributed by atoms with Crippen LogP contribution in [0.25, 0.3) is 0 Å². The van der Waals surface area contributed by atoms with Gasteiger partial charge in [0.25, 0.3) is 5.91 Å². The number of thioether (sulfide) groups is 1. The number of carbonyl (C=O) groups excluding carboxylic acids is 2. The minimum absolute atomic E-state index is 0.0220. The fraction of sp³-hybridized carbons (Fsp3) is 0.524. The second kappa shape index (κ2) is 12.0. The van der Waals surface area contributed by atoms with Gasteiger partial charge >= 0.3 is 0 Å². The monoisotopic (exact) mass is 479 g/mol. The first-order valence-electron chi connectivity index (χ1n) is 10.5. The van der Waals surface area contributed by atoms with E-state index in [1.165, 1.54) is 23.1 Å². The van der Waals surface area contributed by atoms with Gasteiger partial charge < -0.3 is 24.6 Å². The average molecular weight is 480 g/mol. The van der Waals surface area contributed by atoms with Crippen LogP contribution in [0.2, 0.25) is 0 Å². The van der Waals surface area contributed by atoms with E-state index in [1.807, 2.05) is 43.0 Å². The molecule has 0 unspecified atom stereocenters. The largest absolute Gasteiger partial charge is 0.491 e. The van der Waals surface area contributed by atoms with Crippen LogP contribution in [0.3, 0.4) is 0 Å². The van der Waals surface area contributed by atoms with Crippen LogP contribution in [0.15, 0.2) is 28.6 Å². The molecule has 0 radical (unpaired) electrons. The van der Waals surface area contributed by atoms with E-state index in [0.717, 1.165) is 15.2 Å². The molecule has 32 heavy (non-hydrogen) atoms. The Bertz CT molecular complexity index is 883. The Kier molecular flexibility index (Phi) is 9.12. The first-order valence-corrected chi connectivity index (χ1v) is 12.3. The molecule has 1 fully saturated rings. The summed E-state index contributed by atoms with van der Waals surface area (Å²) in [5, 5.41) is 12.0. The molecule has 1 aromatic heterocycles. The number of carbonyl (C=O) groups is 2. The molecule has 0 bridgehead atoms. The Morgan fingerprint density at radius 3 is 2.53 bits per heavy atom. The van der Waals surface area contributed by atoms with E-state index in [9.17, 15) is 9.59 Å². The first kappa shape index (κ1) is 24.3. The highest BCUT2D eigenvalue weighted by molar-refractivity contribution is 8.01.